The molecule has 0 radical (unpaired) electrons. The van der Waals surface area contributed by atoms with E-state index in [1.807, 2.05) is 36.8 Å². The maximum atomic E-state index is 4.33. The van der Waals surface area contributed by atoms with Gasteiger partial charge < -0.3 is 4.57 Å². The first-order chi connectivity index (χ1) is 6.36. The molecule has 2 aromatic rings. The molecule has 0 atom stereocenters. The average molecular weight is 172 g/mol. The van der Waals surface area contributed by atoms with Crippen LogP contribution in [0.5, 0.6) is 0 Å². The highest BCUT2D eigenvalue weighted by atomic mass is 14.9. The summed E-state index contributed by atoms with van der Waals surface area (Å²) < 4.78 is 2.12. The Morgan fingerprint density at radius 3 is 2.69 bits per heavy atom. The van der Waals surface area contributed by atoms with Gasteiger partial charge in [0.05, 0.1) is 12.2 Å². The first-order valence-corrected chi connectivity index (χ1v) is 4.37. The third kappa shape index (κ3) is 1.78. The Balaban J connectivity index is 2.24. The zero-order valence-electron chi connectivity index (χ0n) is 7.64. The minimum Gasteiger partial charge on any atom is -0.348 e. The summed E-state index contributed by atoms with van der Waals surface area (Å²) in [4.78, 5) is 4.33. The molecule has 2 nitrogen and oxygen atoms in total. The molecule has 2 heterocycles. The molecule has 0 aromatic carbocycles. The number of aromatic nitrogens is 2. The summed E-state index contributed by atoms with van der Waals surface area (Å²) in [5, 5.41) is 0. The van der Waals surface area contributed by atoms with E-state index >= 15 is 0 Å². The molecular formula is C11H12N2. The molecule has 0 aliphatic rings. The summed E-state index contributed by atoms with van der Waals surface area (Å²) in [6, 6.07) is 8.11. The van der Waals surface area contributed by atoms with Gasteiger partial charge in [-0.15, -0.1) is 0 Å². The molecule has 66 valence electrons. The normalized spacial score (nSPS) is 10.2. The van der Waals surface area contributed by atoms with Crippen molar-refractivity contribution in [3.8, 4) is 0 Å². The minimum absolute atomic E-state index is 0.861. The fraction of sp³-hybridized carbons (Fsp3) is 0.182. The van der Waals surface area contributed by atoms with Gasteiger partial charge in [0.1, 0.15) is 0 Å². The highest BCUT2D eigenvalue weighted by Gasteiger charge is 1.97. The number of hydrogen-bond donors (Lipinski definition) is 0. The highest BCUT2D eigenvalue weighted by Crippen LogP contribution is 2.05. The van der Waals surface area contributed by atoms with Crippen molar-refractivity contribution in [1.29, 1.82) is 0 Å². The first-order valence-electron chi connectivity index (χ1n) is 4.37. The molecule has 2 heteroatoms. The summed E-state index contributed by atoms with van der Waals surface area (Å²) in [5.74, 6) is 0. The van der Waals surface area contributed by atoms with Gasteiger partial charge in [0, 0.05) is 18.6 Å². The second-order valence-electron chi connectivity index (χ2n) is 3.12. The number of hydrogen-bond acceptors (Lipinski definition) is 1. The molecule has 0 amide bonds. The molecule has 2 rings (SSSR count). The molecule has 0 bridgehead atoms. The maximum absolute atomic E-state index is 4.33. The molecule has 2 aromatic heterocycles. The van der Waals surface area contributed by atoms with Crippen molar-refractivity contribution in [3.05, 3.63) is 54.1 Å². The van der Waals surface area contributed by atoms with E-state index < -0.39 is 0 Å². The van der Waals surface area contributed by atoms with Crippen molar-refractivity contribution < 1.29 is 0 Å². The van der Waals surface area contributed by atoms with E-state index in [0.29, 0.717) is 0 Å². The highest BCUT2D eigenvalue weighted by molar-refractivity contribution is 5.18. The van der Waals surface area contributed by atoms with Crippen LogP contribution in [0.4, 0.5) is 0 Å². The second kappa shape index (κ2) is 3.44. The predicted molar refractivity (Wildman–Crippen MR) is 52.5 cm³/mol. The van der Waals surface area contributed by atoms with E-state index in [2.05, 4.69) is 22.5 Å². The lowest BCUT2D eigenvalue weighted by atomic mass is 10.2. The van der Waals surface area contributed by atoms with Crippen LogP contribution < -0.4 is 0 Å². The van der Waals surface area contributed by atoms with Crippen LogP contribution in [-0.4, -0.2) is 9.55 Å². The SMILES string of the molecule is Cc1cccnc1Cn1cccc1. The Morgan fingerprint density at radius 2 is 2.00 bits per heavy atom. The largest absolute Gasteiger partial charge is 0.348 e. The van der Waals surface area contributed by atoms with Gasteiger partial charge in [-0.2, -0.15) is 0 Å². The lowest BCUT2D eigenvalue weighted by Gasteiger charge is -2.04. The molecule has 0 saturated heterocycles. The quantitative estimate of drug-likeness (QED) is 0.679. The van der Waals surface area contributed by atoms with Gasteiger partial charge in [-0.3, -0.25) is 4.98 Å². The zero-order valence-corrected chi connectivity index (χ0v) is 7.64. The summed E-state index contributed by atoms with van der Waals surface area (Å²) >= 11 is 0. The maximum Gasteiger partial charge on any atom is 0.0645 e. The molecule has 0 spiro atoms. The molecule has 0 saturated carbocycles. The van der Waals surface area contributed by atoms with Crippen LogP contribution in [0.1, 0.15) is 11.3 Å². The van der Waals surface area contributed by atoms with E-state index in [1.54, 1.807) is 0 Å². The summed E-state index contributed by atoms with van der Waals surface area (Å²) in [6.07, 6.45) is 5.94. The second-order valence-corrected chi connectivity index (χ2v) is 3.12. The van der Waals surface area contributed by atoms with E-state index in [1.165, 1.54) is 5.56 Å². The van der Waals surface area contributed by atoms with Gasteiger partial charge in [-0.1, -0.05) is 6.07 Å². The van der Waals surface area contributed by atoms with Gasteiger partial charge in [0.25, 0.3) is 0 Å². The fourth-order valence-electron chi connectivity index (χ4n) is 1.33. The standard InChI is InChI=1S/C11H12N2/c1-10-5-4-6-12-11(10)9-13-7-2-3-8-13/h2-8H,9H2,1H3. The molecule has 0 fully saturated rings. The minimum atomic E-state index is 0.861. The summed E-state index contributed by atoms with van der Waals surface area (Å²) in [6.45, 7) is 2.95. The van der Waals surface area contributed by atoms with Crippen LogP contribution in [-0.2, 0) is 6.54 Å². The van der Waals surface area contributed by atoms with Crippen LogP contribution in [0, 0.1) is 6.92 Å². The van der Waals surface area contributed by atoms with Crippen LogP contribution >= 0.6 is 0 Å². The van der Waals surface area contributed by atoms with Crippen molar-refractivity contribution in [1.82, 2.24) is 9.55 Å². The Morgan fingerprint density at radius 1 is 1.23 bits per heavy atom. The Hall–Kier alpha value is -1.57. The number of rotatable bonds is 2. The topological polar surface area (TPSA) is 17.8 Å². The molecule has 13 heavy (non-hydrogen) atoms. The average Bonchev–Trinajstić information content (AvgIpc) is 2.61. The number of pyridine rings is 1. The molecular weight excluding hydrogens is 160 g/mol. The van der Waals surface area contributed by atoms with Crippen LogP contribution in [0.25, 0.3) is 0 Å². The van der Waals surface area contributed by atoms with Gasteiger partial charge in [0.15, 0.2) is 0 Å². The van der Waals surface area contributed by atoms with Gasteiger partial charge in [0.2, 0.25) is 0 Å². The lowest BCUT2D eigenvalue weighted by Crippen LogP contribution is -2.00. The van der Waals surface area contributed by atoms with Gasteiger partial charge in [-0.25, -0.2) is 0 Å². The fourth-order valence-corrected chi connectivity index (χ4v) is 1.33. The summed E-state index contributed by atoms with van der Waals surface area (Å²) in [5.41, 5.74) is 2.38. The Kier molecular flexibility index (Phi) is 2.13. The van der Waals surface area contributed by atoms with Crippen molar-refractivity contribution in [3.63, 3.8) is 0 Å². The molecule has 0 aliphatic carbocycles. The van der Waals surface area contributed by atoms with E-state index in [4.69, 9.17) is 0 Å². The third-order valence-corrected chi connectivity index (χ3v) is 2.12. The van der Waals surface area contributed by atoms with Crippen molar-refractivity contribution in [2.75, 3.05) is 0 Å². The van der Waals surface area contributed by atoms with Crippen molar-refractivity contribution in [2.24, 2.45) is 0 Å². The molecule has 0 aliphatic heterocycles. The van der Waals surface area contributed by atoms with Crippen LogP contribution in [0.3, 0.4) is 0 Å². The Labute approximate surface area is 77.9 Å². The zero-order chi connectivity index (χ0) is 9.10. The van der Waals surface area contributed by atoms with E-state index in [-0.39, 0.29) is 0 Å². The van der Waals surface area contributed by atoms with Gasteiger partial charge >= 0.3 is 0 Å². The van der Waals surface area contributed by atoms with E-state index in [0.717, 1.165) is 12.2 Å². The van der Waals surface area contributed by atoms with Crippen molar-refractivity contribution >= 4 is 0 Å². The molecule has 0 unspecified atom stereocenters. The van der Waals surface area contributed by atoms with Crippen molar-refractivity contribution in [2.45, 2.75) is 13.5 Å². The van der Waals surface area contributed by atoms with Crippen LogP contribution in [0.2, 0.25) is 0 Å². The van der Waals surface area contributed by atoms with E-state index in [9.17, 15) is 0 Å². The smallest absolute Gasteiger partial charge is 0.0645 e. The third-order valence-electron chi connectivity index (χ3n) is 2.12. The monoisotopic (exact) mass is 172 g/mol. The Bertz CT molecular complexity index is 377. The predicted octanol–water partition coefficient (Wildman–Crippen LogP) is 2.24. The molecule has 0 N–H and O–H groups in total. The van der Waals surface area contributed by atoms with Gasteiger partial charge in [-0.05, 0) is 30.7 Å². The summed E-state index contributed by atoms with van der Waals surface area (Å²) in [7, 11) is 0. The lowest BCUT2D eigenvalue weighted by molar-refractivity contribution is 0.774. The number of nitrogens with zero attached hydrogens (tertiary/aromatic N) is 2. The van der Waals surface area contributed by atoms with Crippen LogP contribution in [0.15, 0.2) is 42.9 Å². The first kappa shape index (κ1) is 8.05. The number of aryl methyl sites for hydroxylation is 1.